The van der Waals surface area contributed by atoms with Crippen molar-refractivity contribution in [1.29, 1.82) is 0 Å². The van der Waals surface area contributed by atoms with Crippen LogP contribution in [0.5, 0.6) is 0 Å². The molecule has 0 aliphatic carbocycles. The van der Waals surface area contributed by atoms with E-state index >= 15 is 0 Å². The molecule has 0 atom stereocenters. The van der Waals surface area contributed by atoms with E-state index in [4.69, 9.17) is 11.6 Å². The summed E-state index contributed by atoms with van der Waals surface area (Å²) in [7, 11) is 0. The Balaban J connectivity index is 1.75. The molecule has 2 heterocycles. The molecule has 0 radical (unpaired) electrons. The van der Waals surface area contributed by atoms with E-state index in [1.54, 1.807) is 30.3 Å². The average Bonchev–Trinajstić information content (AvgIpc) is 2.89. The molecular formula is C17H13ClFN3OS. The molecule has 24 heavy (non-hydrogen) atoms. The first-order valence-electron chi connectivity index (χ1n) is 7.15. The Labute approximate surface area is 147 Å². The van der Waals surface area contributed by atoms with E-state index in [9.17, 15) is 9.18 Å². The summed E-state index contributed by atoms with van der Waals surface area (Å²) in [5, 5.41) is 3.53. The van der Waals surface area contributed by atoms with E-state index in [-0.39, 0.29) is 11.7 Å². The molecule has 0 aliphatic rings. The molecule has 3 rings (SSSR count). The smallest absolute Gasteiger partial charge is 0.259 e. The van der Waals surface area contributed by atoms with Crippen LogP contribution in [-0.4, -0.2) is 15.9 Å². The van der Waals surface area contributed by atoms with Gasteiger partial charge in [-0.15, -0.1) is 11.3 Å². The number of carbonyl (C=O) groups is 1. The van der Waals surface area contributed by atoms with Gasteiger partial charge in [0.25, 0.3) is 5.91 Å². The molecule has 0 unspecified atom stereocenters. The van der Waals surface area contributed by atoms with Crippen LogP contribution in [0.1, 0.15) is 26.5 Å². The van der Waals surface area contributed by atoms with Gasteiger partial charge in [0.15, 0.2) is 5.13 Å². The molecule has 0 saturated carbocycles. The lowest BCUT2D eigenvalue weighted by atomic mass is 10.1. The quantitative estimate of drug-likeness (QED) is 0.697. The molecule has 1 aromatic carbocycles. The standard InChI is InChI=1S/C17H13ClFN3OS/c1-10-14(8-11-4-2-3-5-13(11)19)24-17(21-10)22-16(23)12-6-7-15(18)20-9-12/h2-7,9H,8H2,1H3,(H,21,22,23). The number of pyridine rings is 1. The van der Waals surface area contributed by atoms with Crippen LogP contribution in [-0.2, 0) is 6.42 Å². The molecule has 7 heteroatoms. The van der Waals surface area contributed by atoms with Crippen LogP contribution in [0.15, 0.2) is 42.6 Å². The molecule has 2 aromatic heterocycles. The highest BCUT2D eigenvalue weighted by molar-refractivity contribution is 7.15. The predicted molar refractivity (Wildman–Crippen MR) is 93.3 cm³/mol. The van der Waals surface area contributed by atoms with E-state index in [1.165, 1.54) is 23.6 Å². The summed E-state index contributed by atoms with van der Waals surface area (Å²) in [5.41, 5.74) is 1.76. The lowest BCUT2D eigenvalue weighted by molar-refractivity contribution is 0.102. The van der Waals surface area contributed by atoms with Gasteiger partial charge in [0, 0.05) is 17.5 Å². The van der Waals surface area contributed by atoms with Crippen molar-refractivity contribution >= 4 is 34.0 Å². The maximum atomic E-state index is 13.8. The summed E-state index contributed by atoms with van der Waals surface area (Å²) in [6, 6.07) is 9.77. The molecule has 0 bridgehead atoms. The minimum Gasteiger partial charge on any atom is -0.298 e. The number of nitrogens with one attached hydrogen (secondary N) is 1. The summed E-state index contributed by atoms with van der Waals surface area (Å²) in [4.78, 5) is 21.3. The van der Waals surface area contributed by atoms with Crippen molar-refractivity contribution in [3.63, 3.8) is 0 Å². The lowest BCUT2D eigenvalue weighted by Gasteiger charge is -2.01. The predicted octanol–water partition coefficient (Wildman–Crippen LogP) is 4.48. The van der Waals surface area contributed by atoms with Crippen molar-refractivity contribution in [2.75, 3.05) is 5.32 Å². The van der Waals surface area contributed by atoms with E-state index in [2.05, 4.69) is 15.3 Å². The maximum absolute atomic E-state index is 13.8. The van der Waals surface area contributed by atoms with E-state index in [1.807, 2.05) is 6.92 Å². The fourth-order valence-electron chi connectivity index (χ4n) is 2.14. The third kappa shape index (κ3) is 3.77. The second-order valence-corrected chi connectivity index (χ2v) is 6.59. The molecule has 1 amide bonds. The van der Waals surface area contributed by atoms with Crippen LogP contribution in [0.4, 0.5) is 9.52 Å². The molecular weight excluding hydrogens is 349 g/mol. The van der Waals surface area contributed by atoms with Crippen LogP contribution >= 0.6 is 22.9 Å². The zero-order chi connectivity index (χ0) is 17.1. The summed E-state index contributed by atoms with van der Waals surface area (Å²) < 4.78 is 13.8. The highest BCUT2D eigenvalue weighted by atomic mass is 35.5. The van der Waals surface area contributed by atoms with Crippen molar-refractivity contribution in [3.8, 4) is 0 Å². The molecule has 4 nitrogen and oxygen atoms in total. The van der Waals surface area contributed by atoms with Crippen LogP contribution < -0.4 is 5.32 Å². The number of amides is 1. The van der Waals surface area contributed by atoms with Crippen LogP contribution in [0.25, 0.3) is 0 Å². The van der Waals surface area contributed by atoms with Crippen molar-refractivity contribution in [1.82, 2.24) is 9.97 Å². The van der Waals surface area contributed by atoms with Crippen molar-refractivity contribution in [2.45, 2.75) is 13.3 Å². The second kappa shape index (κ2) is 7.07. The number of hydrogen-bond donors (Lipinski definition) is 1. The summed E-state index contributed by atoms with van der Waals surface area (Å²) in [6.45, 7) is 1.84. The molecule has 0 aliphatic heterocycles. The Kier molecular flexibility index (Phi) is 4.87. The third-order valence-electron chi connectivity index (χ3n) is 3.41. The topological polar surface area (TPSA) is 54.9 Å². The van der Waals surface area contributed by atoms with Gasteiger partial charge in [-0.25, -0.2) is 14.4 Å². The monoisotopic (exact) mass is 361 g/mol. The number of carbonyl (C=O) groups excluding carboxylic acids is 1. The highest BCUT2D eigenvalue weighted by Gasteiger charge is 2.13. The number of nitrogens with zero attached hydrogens (tertiary/aromatic N) is 2. The largest absolute Gasteiger partial charge is 0.298 e. The van der Waals surface area contributed by atoms with Crippen molar-refractivity contribution < 1.29 is 9.18 Å². The van der Waals surface area contributed by atoms with Gasteiger partial charge in [0.05, 0.1) is 11.3 Å². The number of thiazole rings is 1. The molecule has 1 N–H and O–H groups in total. The lowest BCUT2D eigenvalue weighted by Crippen LogP contribution is -2.11. The van der Waals surface area contributed by atoms with E-state index in [0.717, 1.165) is 10.6 Å². The average molecular weight is 362 g/mol. The van der Waals surface area contributed by atoms with Crippen molar-refractivity contribution in [3.05, 3.63) is 75.3 Å². The Bertz CT molecular complexity index is 880. The third-order valence-corrected chi connectivity index (χ3v) is 4.71. The number of aromatic nitrogens is 2. The minimum absolute atomic E-state index is 0.247. The summed E-state index contributed by atoms with van der Waals surface area (Å²) >= 11 is 7.04. The van der Waals surface area contributed by atoms with Gasteiger partial charge in [-0.2, -0.15) is 0 Å². The normalized spacial score (nSPS) is 10.6. The molecule has 0 saturated heterocycles. The summed E-state index contributed by atoms with van der Waals surface area (Å²) in [5.74, 6) is -0.562. The Morgan fingerprint density at radius 1 is 1.29 bits per heavy atom. The fourth-order valence-corrected chi connectivity index (χ4v) is 3.23. The zero-order valence-corrected chi connectivity index (χ0v) is 14.3. The van der Waals surface area contributed by atoms with Gasteiger partial charge in [0.1, 0.15) is 11.0 Å². The summed E-state index contributed by atoms with van der Waals surface area (Å²) in [6.07, 6.45) is 1.84. The van der Waals surface area contributed by atoms with Crippen molar-refractivity contribution in [2.24, 2.45) is 0 Å². The first-order chi connectivity index (χ1) is 11.5. The minimum atomic E-state index is -0.314. The van der Waals surface area contributed by atoms with Gasteiger partial charge in [-0.3, -0.25) is 10.1 Å². The van der Waals surface area contributed by atoms with E-state index in [0.29, 0.717) is 27.8 Å². The second-order valence-electron chi connectivity index (χ2n) is 5.12. The van der Waals surface area contributed by atoms with Crippen LogP contribution in [0.2, 0.25) is 5.15 Å². The number of benzene rings is 1. The van der Waals surface area contributed by atoms with Crippen LogP contribution in [0.3, 0.4) is 0 Å². The number of aryl methyl sites for hydroxylation is 1. The Morgan fingerprint density at radius 3 is 2.79 bits per heavy atom. The molecule has 0 spiro atoms. The van der Waals surface area contributed by atoms with Crippen LogP contribution in [0, 0.1) is 12.7 Å². The first-order valence-corrected chi connectivity index (χ1v) is 8.35. The number of anilines is 1. The van der Waals surface area contributed by atoms with Gasteiger partial charge in [0.2, 0.25) is 0 Å². The molecule has 0 fully saturated rings. The Hall–Kier alpha value is -2.31. The highest BCUT2D eigenvalue weighted by Crippen LogP contribution is 2.26. The molecule has 3 aromatic rings. The number of hydrogen-bond acceptors (Lipinski definition) is 4. The number of halogens is 2. The van der Waals surface area contributed by atoms with E-state index < -0.39 is 0 Å². The molecule has 122 valence electrons. The van der Waals surface area contributed by atoms with Gasteiger partial charge in [-0.1, -0.05) is 29.8 Å². The van der Waals surface area contributed by atoms with Gasteiger partial charge < -0.3 is 0 Å². The zero-order valence-electron chi connectivity index (χ0n) is 12.7. The first kappa shape index (κ1) is 16.5. The van der Waals surface area contributed by atoms with Gasteiger partial charge in [-0.05, 0) is 30.7 Å². The maximum Gasteiger partial charge on any atom is 0.259 e. The Morgan fingerprint density at radius 2 is 2.08 bits per heavy atom. The van der Waals surface area contributed by atoms with Gasteiger partial charge >= 0.3 is 0 Å². The fraction of sp³-hybridized carbons (Fsp3) is 0.118. The SMILES string of the molecule is Cc1nc(NC(=O)c2ccc(Cl)nc2)sc1Cc1ccccc1F. The number of rotatable bonds is 4.